The van der Waals surface area contributed by atoms with Gasteiger partial charge in [0.1, 0.15) is 18.4 Å². The normalized spacial score (nSPS) is 12.3. The molecule has 2 aromatic carbocycles. The lowest BCUT2D eigenvalue weighted by molar-refractivity contribution is 0.417. The maximum atomic E-state index is 13.0. The predicted molar refractivity (Wildman–Crippen MR) is 137 cm³/mol. The van der Waals surface area contributed by atoms with Crippen molar-refractivity contribution in [2.75, 3.05) is 25.8 Å². The number of nitrogens with zero attached hydrogens (tertiary/aromatic N) is 3. The van der Waals surface area contributed by atoms with Gasteiger partial charge in [0.2, 0.25) is 5.95 Å². The highest BCUT2D eigenvalue weighted by Gasteiger charge is 2.25. The summed E-state index contributed by atoms with van der Waals surface area (Å²) in [5, 5.41) is 3.05. The minimum absolute atomic E-state index is 0.0342. The molecule has 0 atom stereocenters. The molecular weight excluding hydrogens is 489 g/mol. The first-order valence-corrected chi connectivity index (χ1v) is 14.9. The van der Waals surface area contributed by atoms with Crippen LogP contribution in [0, 0.1) is 0 Å². The summed E-state index contributed by atoms with van der Waals surface area (Å²) in [5.74, 6) is 0.617. The molecule has 0 spiro atoms. The average molecular weight is 516 g/mol. The van der Waals surface area contributed by atoms with Gasteiger partial charge in [-0.05, 0) is 57.5 Å². The number of sulfone groups is 1. The summed E-state index contributed by atoms with van der Waals surface area (Å²) in [6.07, 6.45) is 1.44. The molecule has 4 aromatic rings. The molecule has 10 nitrogen and oxygen atoms in total. The molecule has 0 aliphatic rings. The molecule has 12 heteroatoms. The van der Waals surface area contributed by atoms with Gasteiger partial charge in [0, 0.05) is 5.30 Å². The highest BCUT2D eigenvalue weighted by Crippen LogP contribution is 2.38. The Labute approximate surface area is 202 Å². The van der Waals surface area contributed by atoms with E-state index >= 15 is 0 Å². The number of methoxy groups -OCH3 is 1. The van der Waals surface area contributed by atoms with E-state index in [2.05, 4.69) is 20.3 Å². The molecule has 0 saturated carbocycles. The molecule has 2 heterocycles. The number of anilines is 2. The van der Waals surface area contributed by atoms with Crippen molar-refractivity contribution < 1.29 is 17.7 Å². The molecule has 2 N–H and O–H groups in total. The van der Waals surface area contributed by atoms with Crippen molar-refractivity contribution in [2.45, 2.75) is 24.0 Å². The maximum absolute atomic E-state index is 13.0. The van der Waals surface area contributed by atoms with Gasteiger partial charge in [0.25, 0.3) is 0 Å². The fourth-order valence-electron chi connectivity index (χ4n) is 3.56. The van der Waals surface area contributed by atoms with Gasteiger partial charge < -0.3 is 19.6 Å². The van der Waals surface area contributed by atoms with Crippen LogP contribution < -0.4 is 21.0 Å². The molecule has 0 aliphatic carbocycles. The molecule has 35 heavy (non-hydrogen) atoms. The molecule has 0 saturated heterocycles. The Balaban J connectivity index is 1.84. The fraction of sp³-hybridized carbons (Fsp3) is 0.261. The first kappa shape index (κ1) is 24.7. The van der Waals surface area contributed by atoms with Gasteiger partial charge in [-0.2, -0.15) is 4.98 Å². The summed E-state index contributed by atoms with van der Waals surface area (Å²) in [7, 11) is -4.66. The van der Waals surface area contributed by atoms with E-state index in [1.807, 2.05) is 0 Å². The van der Waals surface area contributed by atoms with Crippen molar-refractivity contribution in [3.05, 3.63) is 59.1 Å². The van der Waals surface area contributed by atoms with Crippen LogP contribution in [-0.2, 0) is 14.4 Å². The van der Waals surface area contributed by atoms with Gasteiger partial charge in [-0.1, -0.05) is 12.1 Å². The fourth-order valence-corrected chi connectivity index (χ4v) is 5.65. The summed E-state index contributed by atoms with van der Waals surface area (Å²) in [6, 6.07) is 11.5. The second-order valence-corrected chi connectivity index (χ2v) is 14.3. The third kappa shape index (κ3) is 4.61. The Kier molecular flexibility index (Phi) is 6.33. The lowest BCUT2D eigenvalue weighted by atomic mass is 10.3. The lowest BCUT2D eigenvalue weighted by Gasteiger charge is -2.14. The van der Waals surface area contributed by atoms with Crippen molar-refractivity contribution in [1.82, 2.24) is 19.5 Å². The highest BCUT2D eigenvalue weighted by molar-refractivity contribution is 7.92. The number of para-hydroxylation sites is 1. The molecule has 184 valence electrons. The zero-order valence-electron chi connectivity index (χ0n) is 19.9. The van der Waals surface area contributed by atoms with E-state index in [0.717, 1.165) is 0 Å². The number of fused-ring (bicyclic) bond motifs is 1. The zero-order chi connectivity index (χ0) is 25.5. The van der Waals surface area contributed by atoms with Gasteiger partial charge in [0.05, 0.1) is 34.8 Å². The van der Waals surface area contributed by atoms with Crippen LogP contribution in [0.4, 0.5) is 11.6 Å². The molecule has 4 rings (SSSR count). The Morgan fingerprint density at radius 3 is 2.51 bits per heavy atom. The molecule has 0 fully saturated rings. The maximum Gasteiger partial charge on any atom is 0.332 e. The van der Waals surface area contributed by atoms with E-state index in [1.54, 1.807) is 63.6 Å². The Morgan fingerprint density at radius 1 is 1.14 bits per heavy atom. The van der Waals surface area contributed by atoms with Crippen LogP contribution in [0.3, 0.4) is 0 Å². The number of aromatic nitrogens is 4. The summed E-state index contributed by atoms with van der Waals surface area (Å²) in [6.45, 7) is 6.52. The molecule has 0 amide bonds. The molecule has 0 radical (unpaired) electrons. The highest BCUT2D eigenvalue weighted by atomic mass is 32.2. The first-order valence-electron chi connectivity index (χ1n) is 10.7. The second kappa shape index (κ2) is 8.98. The molecule has 0 aliphatic heterocycles. The molecule has 2 aromatic heterocycles. The van der Waals surface area contributed by atoms with Crippen LogP contribution in [-0.4, -0.2) is 53.6 Å². The van der Waals surface area contributed by atoms with Crippen LogP contribution in [0.25, 0.3) is 16.9 Å². The first-order chi connectivity index (χ1) is 16.4. The number of hydrogen-bond acceptors (Lipinski definition) is 8. The van der Waals surface area contributed by atoms with Gasteiger partial charge in [-0.15, -0.1) is 0 Å². The lowest BCUT2D eigenvalue weighted by Crippen LogP contribution is -2.21. The van der Waals surface area contributed by atoms with Crippen molar-refractivity contribution in [1.29, 1.82) is 0 Å². The molecule has 0 bridgehead atoms. The van der Waals surface area contributed by atoms with Crippen molar-refractivity contribution in [2.24, 2.45) is 0 Å². The van der Waals surface area contributed by atoms with Gasteiger partial charge in [0.15, 0.2) is 15.5 Å². The predicted octanol–water partition coefficient (Wildman–Crippen LogP) is 3.29. The number of ether oxygens (including phenoxy) is 1. The zero-order valence-corrected chi connectivity index (χ0v) is 21.6. The van der Waals surface area contributed by atoms with Crippen LogP contribution in [0.1, 0.15) is 13.8 Å². The van der Waals surface area contributed by atoms with E-state index in [-0.39, 0.29) is 22.2 Å². The Bertz CT molecular complexity index is 1640. The largest absolute Gasteiger partial charge is 0.495 e. The van der Waals surface area contributed by atoms with Gasteiger partial charge >= 0.3 is 5.69 Å². The van der Waals surface area contributed by atoms with E-state index in [0.29, 0.717) is 22.3 Å². The second-order valence-electron chi connectivity index (χ2n) is 8.62. The van der Waals surface area contributed by atoms with Crippen LogP contribution >= 0.6 is 7.14 Å². The minimum atomic E-state index is -3.67. The summed E-state index contributed by atoms with van der Waals surface area (Å²) >= 11 is 0. The number of rotatable bonds is 7. The number of aromatic amines is 1. The van der Waals surface area contributed by atoms with E-state index in [4.69, 9.17) is 4.74 Å². The third-order valence-electron chi connectivity index (χ3n) is 5.51. The van der Waals surface area contributed by atoms with E-state index < -0.39 is 27.9 Å². The number of hydrogen-bond donors (Lipinski definition) is 2. The number of imidazole rings is 1. The number of benzene rings is 2. The van der Waals surface area contributed by atoms with Gasteiger partial charge in [-0.3, -0.25) is 0 Å². The van der Waals surface area contributed by atoms with Crippen molar-refractivity contribution in [3.63, 3.8) is 0 Å². The van der Waals surface area contributed by atoms with Crippen LogP contribution in [0.15, 0.2) is 58.4 Å². The SMILES string of the molecule is COc1cc(P(C)(C)=O)ccc1Nc1ncc2[nH]c(=O)n(-c3ccccc3S(=O)(=O)C(C)C)c2n1. The number of H-pyrrole nitrogens is 1. The quantitative estimate of drug-likeness (QED) is 0.358. The van der Waals surface area contributed by atoms with Crippen LogP contribution in [0.2, 0.25) is 0 Å². The molecular formula is C23H26N5O5PS. The number of nitrogens with one attached hydrogen (secondary N) is 2. The Morgan fingerprint density at radius 2 is 1.86 bits per heavy atom. The third-order valence-corrected chi connectivity index (χ3v) is 9.23. The summed E-state index contributed by atoms with van der Waals surface area (Å²) in [5.41, 5.74) is 0.752. The summed E-state index contributed by atoms with van der Waals surface area (Å²) in [4.78, 5) is 24.3. The minimum Gasteiger partial charge on any atom is -0.495 e. The van der Waals surface area contributed by atoms with E-state index in [9.17, 15) is 17.8 Å². The topological polar surface area (TPSA) is 136 Å². The monoisotopic (exact) mass is 515 g/mol. The Hall–Kier alpha value is -3.43. The van der Waals surface area contributed by atoms with Crippen LogP contribution in [0.5, 0.6) is 5.75 Å². The smallest absolute Gasteiger partial charge is 0.332 e. The standard InChI is InChI=1S/C23H26N5O5PS/c1-14(2)35(31,32)20-9-7-6-8-18(20)28-21-17(26-23(28)29)13-24-22(27-21)25-16-11-10-15(34(4,5)30)12-19(16)33-3/h6-14H,1-5H3,(H,26,29)(H,24,25,27). The van der Waals surface area contributed by atoms with Gasteiger partial charge in [-0.25, -0.2) is 22.8 Å². The molecule has 0 unspecified atom stereocenters. The summed E-state index contributed by atoms with van der Waals surface area (Å²) < 4.78 is 45.0. The van der Waals surface area contributed by atoms with Crippen molar-refractivity contribution in [3.8, 4) is 11.4 Å². The van der Waals surface area contributed by atoms with Crippen molar-refractivity contribution >= 4 is 45.1 Å². The average Bonchev–Trinajstić information content (AvgIpc) is 3.13. The van der Waals surface area contributed by atoms with E-state index in [1.165, 1.54) is 23.9 Å².